The van der Waals surface area contributed by atoms with E-state index in [0.29, 0.717) is 50.6 Å². The van der Waals surface area contributed by atoms with E-state index in [1.54, 1.807) is 6.08 Å². The van der Waals surface area contributed by atoms with Crippen molar-refractivity contribution in [2.45, 2.75) is 11.7 Å². The first-order chi connectivity index (χ1) is 24.5. The van der Waals surface area contributed by atoms with Gasteiger partial charge in [-0.2, -0.15) is 0 Å². The maximum Gasteiger partial charge on any atom is 0.238 e. The third kappa shape index (κ3) is 5.04. The van der Waals surface area contributed by atoms with Crippen molar-refractivity contribution in [2.75, 3.05) is 0 Å². The lowest BCUT2D eigenvalue weighted by Crippen LogP contribution is -2.32. The SMILES string of the molecule is Fc1c(-c2ccccc2)c2n(-c3ccccc3)c1C=C1C=CC(=N1)C=c1ccc([nH]1)=CC1=NC(F)(C(c3ccccc3)=C1)C2c1ccccc1. The molecule has 0 aliphatic carbocycles. The second-order valence-corrected chi connectivity index (χ2v) is 12.6. The Morgan fingerprint density at radius 1 is 0.620 bits per heavy atom. The number of aromatic amines is 1. The van der Waals surface area contributed by atoms with Crippen LogP contribution in [0.1, 0.15) is 28.4 Å². The number of allylic oxidation sites excluding steroid dienone is 3. The Labute approximate surface area is 287 Å². The van der Waals surface area contributed by atoms with Gasteiger partial charge in [-0.1, -0.05) is 109 Å². The molecule has 5 heterocycles. The van der Waals surface area contributed by atoms with Crippen LogP contribution in [0.3, 0.4) is 0 Å². The summed E-state index contributed by atoms with van der Waals surface area (Å²) in [5, 5.41) is 1.61. The molecule has 50 heavy (non-hydrogen) atoms. The van der Waals surface area contributed by atoms with Crippen molar-refractivity contribution in [3.63, 3.8) is 0 Å². The van der Waals surface area contributed by atoms with E-state index in [1.165, 1.54) is 0 Å². The Hall–Kier alpha value is -6.40. The number of H-pyrrole nitrogens is 1. The maximum absolute atomic E-state index is 19.1. The standard InChI is InChI=1S/C44H30F2N4/c45-42-39-28-35-24-23-33(48-35)25-32-21-22-34(47-32)26-36-27-38(29-13-5-1-6-14-29)44(46,49-36)41(31-17-9-3-10-18-31)43(40(42)30-15-7-2-8-16-30)50(39)37-19-11-4-12-20-37/h1-28,41,47H. The second kappa shape index (κ2) is 11.9. The first-order valence-electron chi connectivity index (χ1n) is 16.6. The highest BCUT2D eigenvalue weighted by Gasteiger charge is 2.50. The molecule has 3 aliphatic rings. The fraction of sp³-hybridized carbons (Fsp3) is 0.0455. The molecule has 2 unspecified atom stereocenters. The molecular formula is C44H30F2N4. The van der Waals surface area contributed by atoms with E-state index in [9.17, 15) is 0 Å². The second-order valence-electron chi connectivity index (χ2n) is 12.6. The van der Waals surface area contributed by atoms with E-state index >= 15 is 8.78 Å². The molecule has 0 amide bonds. The zero-order chi connectivity index (χ0) is 33.7. The number of aliphatic imine (C=N–C) groups is 2. The fourth-order valence-electron chi connectivity index (χ4n) is 7.26. The van der Waals surface area contributed by atoms with Crippen LogP contribution in [-0.4, -0.2) is 26.8 Å². The summed E-state index contributed by atoms with van der Waals surface area (Å²) >= 11 is 0. The number of hydrogen-bond acceptors (Lipinski definition) is 2. The summed E-state index contributed by atoms with van der Waals surface area (Å²) < 4.78 is 38.6. The number of rotatable bonds is 4. The number of aromatic nitrogens is 2. The highest BCUT2D eigenvalue weighted by atomic mass is 19.1. The Morgan fingerprint density at radius 2 is 1.22 bits per heavy atom. The number of fused-ring (bicyclic) bond motifs is 6. The quantitative estimate of drug-likeness (QED) is 0.186. The Kier molecular flexibility index (Phi) is 7.09. The van der Waals surface area contributed by atoms with Gasteiger partial charge in [-0.05, 0) is 77.4 Å². The summed E-state index contributed by atoms with van der Waals surface area (Å²) in [7, 11) is 0. The topological polar surface area (TPSA) is 45.4 Å². The van der Waals surface area contributed by atoms with Crippen LogP contribution >= 0.6 is 0 Å². The van der Waals surface area contributed by atoms with Crippen molar-refractivity contribution < 1.29 is 8.78 Å². The van der Waals surface area contributed by atoms with Gasteiger partial charge in [0.2, 0.25) is 5.79 Å². The number of para-hydroxylation sites is 1. The van der Waals surface area contributed by atoms with Gasteiger partial charge in [0.25, 0.3) is 0 Å². The van der Waals surface area contributed by atoms with Crippen LogP contribution in [0.15, 0.2) is 167 Å². The van der Waals surface area contributed by atoms with E-state index in [2.05, 4.69) is 4.98 Å². The van der Waals surface area contributed by atoms with Crippen molar-refractivity contribution in [1.82, 2.24) is 9.55 Å². The predicted molar refractivity (Wildman–Crippen MR) is 199 cm³/mol. The zero-order valence-electron chi connectivity index (χ0n) is 26.8. The Bertz CT molecular complexity index is 2540. The number of hydrogen-bond donors (Lipinski definition) is 1. The predicted octanol–water partition coefficient (Wildman–Crippen LogP) is 8.57. The van der Waals surface area contributed by atoms with Gasteiger partial charge in [0.15, 0.2) is 5.82 Å². The summed E-state index contributed by atoms with van der Waals surface area (Å²) in [6.07, 6.45) is 11.1. The third-order valence-corrected chi connectivity index (χ3v) is 9.40. The van der Waals surface area contributed by atoms with Crippen LogP contribution in [0.25, 0.3) is 40.6 Å². The molecule has 6 aromatic rings. The van der Waals surface area contributed by atoms with E-state index in [4.69, 9.17) is 9.98 Å². The van der Waals surface area contributed by atoms with Crippen LogP contribution in [0.4, 0.5) is 8.78 Å². The van der Waals surface area contributed by atoms with Crippen molar-refractivity contribution in [3.05, 3.63) is 196 Å². The molecule has 0 radical (unpaired) electrons. The van der Waals surface area contributed by atoms with Gasteiger partial charge in [0, 0.05) is 33.2 Å². The van der Waals surface area contributed by atoms with Gasteiger partial charge in [-0.15, -0.1) is 0 Å². The lowest BCUT2D eigenvalue weighted by Gasteiger charge is -2.33. The first kappa shape index (κ1) is 29.7. The third-order valence-electron chi connectivity index (χ3n) is 9.40. The van der Waals surface area contributed by atoms with Crippen LogP contribution in [0.2, 0.25) is 0 Å². The highest BCUT2D eigenvalue weighted by Crippen LogP contribution is 2.53. The average molecular weight is 653 g/mol. The summed E-state index contributed by atoms with van der Waals surface area (Å²) in [6, 6.07) is 41.9. The minimum atomic E-state index is -2.35. The molecule has 2 atom stereocenters. The van der Waals surface area contributed by atoms with Crippen LogP contribution < -0.4 is 10.7 Å². The molecular weight excluding hydrogens is 623 g/mol. The zero-order valence-corrected chi connectivity index (χ0v) is 26.8. The molecule has 3 aliphatic heterocycles. The molecule has 2 aromatic heterocycles. The number of nitrogens with one attached hydrogen (secondary N) is 1. The molecule has 0 spiro atoms. The average Bonchev–Trinajstić information content (AvgIpc) is 3.93. The van der Waals surface area contributed by atoms with E-state index < -0.39 is 17.5 Å². The monoisotopic (exact) mass is 652 g/mol. The fourth-order valence-corrected chi connectivity index (χ4v) is 7.26. The summed E-state index contributed by atoms with van der Waals surface area (Å²) in [6.45, 7) is 0. The van der Waals surface area contributed by atoms with Crippen molar-refractivity contribution in [3.8, 4) is 16.8 Å². The number of halogens is 2. The molecule has 4 aromatic carbocycles. The van der Waals surface area contributed by atoms with Crippen LogP contribution in [0, 0.1) is 5.82 Å². The largest absolute Gasteiger partial charge is 0.355 e. The van der Waals surface area contributed by atoms with Gasteiger partial charge >= 0.3 is 0 Å². The molecule has 6 heteroatoms. The lowest BCUT2D eigenvalue weighted by atomic mass is 9.79. The summed E-state index contributed by atoms with van der Waals surface area (Å²) in [4.78, 5) is 13.2. The molecule has 0 fully saturated rings. The Morgan fingerprint density at radius 3 is 1.90 bits per heavy atom. The van der Waals surface area contributed by atoms with Crippen molar-refractivity contribution in [1.29, 1.82) is 0 Å². The molecule has 9 rings (SSSR count). The highest BCUT2D eigenvalue weighted by molar-refractivity contribution is 6.23. The summed E-state index contributed by atoms with van der Waals surface area (Å²) in [5.74, 6) is -3.90. The molecule has 1 N–H and O–H groups in total. The first-order valence-corrected chi connectivity index (χ1v) is 16.6. The molecule has 0 saturated heterocycles. The van der Waals surface area contributed by atoms with Crippen LogP contribution in [0.5, 0.6) is 0 Å². The van der Waals surface area contributed by atoms with Gasteiger partial charge in [-0.3, -0.25) is 0 Å². The van der Waals surface area contributed by atoms with Crippen LogP contribution in [-0.2, 0) is 0 Å². The van der Waals surface area contributed by atoms with E-state index in [0.717, 1.165) is 16.4 Å². The minimum Gasteiger partial charge on any atom is -0.355 e. The number of benzene rings is 4. The van der Waals surface area contributed by atoms with Gasteiger partial charge < -0.3 is 9.55 Å². The molecule has 8 bridgehead atoms. The maximum atomic E-state index is 19.1. The van der Waals surface area contributed by atoms with Crippen molar-refractivity contribution in [2.24, 2.45) is 9.98 Å². The normalized spacial score (nSPS) is 19.2. The van der Waals surface area contributed by atoms with E-state index in [-0.39, 0.29) is 5.69 Å². The minimum absolute atomic E-state index is 0.271. The lowest BCUT2D eigenvalue weighted by molar-refractivity contribution is 0.228. The Balaban J connectivity index is 1.47. The van der Waals surface area contributed by atoms with Gasteiger partial charge in [0.05, 0.1) is 28.7 Å². The van der Waals surface area contributed by atoms with Gasteiger partial charge in [-0.25, -0.2) is 18.8 Å². The molecule has 240 valence electrons. The number of nitrogens with zero attached hydrogens (tertiary/aromatic N) is 3. The van der Waals surface area contributed by atoms with E-state index in [1.807, 2.05) is 168 Å². The number of alkyl halides is 1. The molecule has 4 nitrogen and oxygen atoms in total. The summed E-state index contributed by atoms with van der Waals surface area (Å²) in [5.41, 5.74) is 5.87. The smallest absolute Gasteiger partial charge is 0.238 e. The van der Waals surface area contributed by atoms with Crippen molar-refractivity contribution >= 4 is 35.2 Å². The molecule has 0 saturated carbocycles. The van der Waals surface area contributed by atoms with Gasteiger partial charge in [0.1, 0.15) is 0 Å².